The SMILES string of the molecule is C=CCC(C(=C)O)(C(=O)O)C(=O)O. The third-order valence-electron chi connectivity index (χ3n) is 1.67. The minimum atomic E-state index is -2.37. The van der Waals surface area contributed by atoms with Crippen LogP contribution in [-0.4, -0.2) is 27.3 Å². The van der Waals surface area contributed by atoms with Gasteiger partial charge in [0.2, 0.25) is 5.41 Å². The van der Waals surface area contributed by atoms with E-state index in [4.69, 9.17) is 15.3 Å². The van der Waals surface area contributed by atoms with E-state index in [0.29, 0.717) is 0 Å². The van der Waals surface area contributed by atoms with E-state index < -0.39 is 29.5 Å². The quantitative estimate of drug-likeness (QED) is 0.335. The van der Waals surface area contributed by atoms with Gasteiger partial charge in [0.05, 0.1) is 0 Å². The normalized spacial score (nSPS) is 10.5. The average Bonchev–Trinajstić information content (AvgIpc) is 1.97. The molecule has 5 heteroatoms. The summed E-state index contributed by atoms with van der Waals surface area (Å²) >= 11 is 0. The van der Waals surface area contributed by atoms with E-state index in [9.17, 15) is 9.59 Å². The zero-order valence-corrected chi connectivity index (χ0v) is 6.86. The van der Waals surface area contributed by atoms with Crippen LogP contribution in [0.5, 0.6) is 0 Å². The number of carboxylic acids is 2. The van der Waals surface area contributed by atoms with Crippen molar-refractivity contribution in [1.82, 2.24) is 0 Å². The second kappa shape index (κ2) is 3.75. The number of hydrogen-bond acceptors (Lipinski definition) is 3. The van der Waals surface area contributed by atoms with Crippen molar-refractivity contribution in [2.24, 2.45) is 5.41 Å². The first kappa shape index (κ1) is 11.2. The summed E-state index contributed by atoms with van der Waals surface area (Å²) < 4.78 is 0. The number of aliphatic hydroxyl groups excluding tert-OH is 1. The Kier molecular flexibility index (Phi) is 3.24. The molecule has 0 heterocycles. The highest BCUT2D eigenvalue weighted by molar-refractivity contribution is 6.01. The van der Waals surface area contributed by atoms with Crippen LogP contribution in [0.3, 0.4) is 0 Å². The van der Waals surface area contributed by atoms with Crippen LogP contribution in [0, 0.1) is 5.41 Å². The van der Waals surface area contributed by atoms with Gasteiger partial charge in [-0.1, -0.05) is 12.7 Å². The summed E-state index contributed by atoms with van der Waals surface area (Å²) in [6.07, 6.45) is 0.691. The maximum atomic E-state index is 10.6. The summed E-state index contributed by atoms with van der Waals surface area (Å²) in [6.45, 7) is 6.15. The predicted molar refractivity (Wildman–Crippen MR) is 44.3 cm³/mol. The van der Waals surface area contributed by atoms with Crippen molar-refractivity contribution in [2.75, 3.05) is 0 Å². The van der Waals surface area contributed by atoms with Crippen LogP contribution < -0.4 is 0 Å². The third-order valence-corrected chi connectivity index (χ3v) is 1.67. The lowest BCUT2D eigenvalue weighted by atomic mass is 9.83. The summed E-state index contributed by atoms with van der Waals surface area (Å²) in [4.78, 5) is 21.3. The van der Waals surface area contributed by atoms with E-state index in [-0.39, 0.29) is 0 Å². The summed E-state index contributed by atoms with van der Waals surface area (Å²) in [6, 6.07) is 0. The molecule has 0 aliphatic heterocycles. The smallest absolute Gasteiger partial charge is 0.329 e. The minimum Gasteiger partial charge on any atom is -0.511 e. The molecule has 0 aliphatic carbocycles. The molecule has 5 nitrogen and oxygen atoms in total. The fraction of sp³-hybridized carbons (Fsp3) is 0.250. The highest BCUT2D eigenvalue weighted by Crippen LogP contribution is 2.30. The molecule has 13 heavy (non-hydrogen) atoms. The summed E-state index contributed by atoms with van der Waals surface area (Å²) in [5.41, 5.74) is -2.37. The zero-order chi connectivity index (χ0) is 10.6. The van der Waals surface area contributed by atoms with Crippen LogP contribution in [0.15, 0.2) is 25.0 Å². The van der Waals surface area contributed by atoms with Gasteiger partial charge in [-0.15, -0.1) is 6.58 Å². The van der Waals surface area contributed by atoms with Crippen LogP contribution in [0.2, 0.25) is 0 Å². The maximum Gasteiger partial charge on any atom is 0.329 e. The van der Waals surface area contributed by atoms with E-state index in [0.717, 1.165) is 6.08 Å². The van der Waals surface area contributed by atoms with Gasteiger partial charge in [0.15, 0.2) is 0 Å². The molecule has 0 aromatic heterocycles. The van der Waals surface area contributed by atoms with E-state index in [1.807, 2.05) is 0 Å². The van der Waals surface area contributed by atoms with Crippen LogP contribution in [0.4, 0.5) is 0 Å². The molecule has 0 spiro atoms. The standard InChI is InChI=1S/C8H10O5/c1-3-4-8(5(2)9,6(10)11)7(12)13/h3,9H,1-2,4H2,(H,10,11)(H,12,13). The predicted octanol–water partition coefficient (Wildman–Crippen LogP) is 0.790. The first-order chi connectivity index (χ1) is 5.89. The minimum absolute atomic E-state index is 0.410. The second-order valence-corrected chi connectivity index (χ2v) is 2.46. The Balaban J connectivity index is 5.29. The van der Waals surface area contributed by atoms with Gasteiger partial charge in [-0.2, -0.15) is 0 Å². The fourth-order valence-electron chi connectivity index (χ4n) is 0.847. The highest BCUT2D eigenvalue weighted by Gasteiger charge is 2.49. The molecule has 0 rings (SSSR count). The maximum absolute atomic E-state index is 10.6. The molecular formula is C8H10O5. The Morgan fingerprint density at radius 2 is 1.62 bits per heavy atom. The third kappa shape index (κ3) is 1.69. The van der Waals surface area contributed by atoms with Gasteiger partial charge in [-0.25, -0.2) is 0 Å². The van der Waals surface area contributed by atoms with E-state index in [1.54, 1.807) is 0 Å². The first-order valence-electron chi connectivity index (χ1n) is 3.35. The van der Waals surface area contributed by atoms with Gasteiger partial charge in [0.1, 0.15) is 5.76 Å². The lowest BCUT2D eigenvalue weighted by molar-refractivity contribution is -0.163. The lowest BCUT2D eigenvalue weighted by Crippen LogP contribution is -2.40. The number of carbonyl (C=O) groups is 2. The van der Waals surface area contributed by atoms with Crippen LogP contribution >= 0.6 is 0 Å². The van der Waals surface area contributed by atoms with Crippen molar-refractivity contribution in [2.45, 2.75) is 6.42 Å². The Morgan fingerprint density at radius 1 is 1.23 bits per heavy atom. The van der Waals surface area contributed by atoms with Gasteiger partial charge in [0, 0.05) is 0 Å². The number of aliphatic carboxylic acids is 2. The average molecular weight is 186 g/mol. The summed E-state index contributed by atoms with van der Waals surface area (Å²) in [5, 5.41) is 26.2. The molecule has 0 radical (unpaired) electrons. The molecule has 0 aliphatic rings. The molecule has 0 atom stereocenters. The molecule has 0 amide bonds. The molecule has 0 aromatic rings. The highest BCUT2D eigenvalue weighted by atomic mass is 16.4. The van der Waals surface area contributed by atoms with Crippen LogP contribution in [-0.2, 0) is 9.59 Å². The number of aliphatic hydroxyl groups is 1. The Morgan fingerprint density at radius 3 is 1.69 bits per heavy atom. The van der Waals surface area contributed by atoms with Gasteiger partial charge < -0.3 is 15.3 Å². The molecule has 0 bridgehead atoms. The van der Waals surface area contributed by atoms with Crippen molar-refractivity contribution in [3.05, 3.63) is 25.0 Å². The molecule has 0 aromatic carbocycles. The van der Waals surface area contributed by atoms with Gasteiger partial charge in [0.25, 0.3) is 0 Å². The zero-order valence-electron chi connectivity index (χ0n) is 6.86. The van der Waals surface area contributed by atoms with Gasteiger partial charge >= 0.3 is 11.9 Å². The molecular weight excluding hydrogens is 176 g/mol. The van der Waals surface area contributed by atoms with Crippen molar-refractivity contribution in [1.29, 1.82) is 0 Å². The van der Waals surface area contributed by atoms with Gasteiger partial charge in [-0.05, 0) is 6.42 Å². The monoisotopic (exact) mass is 186 g/mol. The van der Waals surface area contributed by atoms with E-state index in [1.165, 1.54) is 0 Å². The number of hydrogen-bond donors (Lipinski definition) is 3. The second-order valence-electron chi connectivity index (χ2n) is 2.46. The van der Waals surface area contributed by atoms with E-state index in [2.05, 4.69) is 13.2 Å². The Labute approximate surface area is 74.6 Å². The first-order valence-corrected chi connectivity index (χ1v) is 3.35. The Hall–Kier alpha value is -1.78. The fourth-order valence-corrected chi connectivity index (χ4v) is 0.847. The lowest BCUT2D eigenvalue weighted by Gasteiger charge is -2.21. The molecule has 3 N–H and O–H groups in total. The summed E-state index contributed by atoms with van der Waals surface area (Å²) in [7, 11) is 0. The van der Waals surface area contributed by atoms with Crippen molar-refractivity contribution < 1.29 is 24.9 Å². The van der Waals surface area contributed by atoms with Crippen molar-refractivity contribution in [3.63, 3.8) is 0 Å². The number of allylic oxidation sites excluding steroid dienone is 1. The topological polar surface area (TPSA) is 94.8 Å². The van der Waals surface area contributed by atoms with Gasteiger partial charge in [-0.3, -0.25) is 9.59 Å². The van der Waals surface area contributed by atoms with Crippen LogP contribution in [0.25, 0.3) is 0 Å². The molecule has 0 saturated carbocycles. The molecule has 0 fully saturated rings. The molecule has 0 saturated heterocycles. The van der Waals surface area contributed by atoms with Crippen molar-refractivity contribution >= 4 is 11.9 Å². The largest absolute Gasteiger partial charge is 0.511 e. The van der Waals surface area contributed by atoms with E-state index >= 15 is 0 Å². The molecule has 0 unspecified atom stereocenters. The van der Waals surface area contributed by atoms with Crippen molar-refractivity contribution in [3.8, 4) is 0 Å². The van der Waals surface area contributed by atoms with Crippen LogP contribution in [0.1, 0.15) is 6.42 Å². The number of carboxylic acid groups (broad SMARTS) is 2. The Bertz CT molecular complexity index is 230. The molecule has 72 valence electrons. The number of rotatable bonds is 5. The summed E-state index contributed by atoms with van der Waals surface area (Å²) in [5.74, 6) is -4.23.